The van der Waals surface area contributed by atoms with Crippen LogP contribution in [-0.4, -0.2) is 31.5 Å². The van der Waals surface area contributed by atoms with Gasteiger partial charge in [0.05, 0.1) is 10.6 Å². The summed E-state index contributed by atoms with van der Waals surface area (Å²) in [5, 5.41) is 14.5. The Morgan fingerprint density at radius 1 is 1.15 bits per heavy atom. The Morgan fingerprint density at radius 2 is 1.81 bits per heavy atom. The van der Waals surface area contributed by atoms with Crippen LogP contribution in [0.1, 0.15) is 31.2 Å². The number of nitrogens with one attached hydrogen (secondary N) is 4. The van der Waals surface area contributed by atoms with Crippen LogP contribution in [0.5, 0.6) is 0 Å². The van der Waals surface area contributed by atoms with Crippen molar-refractivity contribution in [2.24, 2.45) is 0 Å². The molecule has 0 atom stereocenters. The first kappa shape index (κ1) is 18.2. The van der Waals surface area contributed by atoms with Crippen LogP contribution in [0.2, 0.25) is 0 Å². The van der Waals surface area contributed by atoms with Gasteiger partial charge in [-0.15, -0.1) is 0 Å². The van der Waals surface area contributed by atoms with Crippen LogP contribution in [-0.2, 0) is 9.84 Å². The van der Waals surface area contributed by atoms with Crippen molar-refractivity contribution in [2.75, 3.05) is 16.9 Å². The van der Waals surface area contributed by atoms with E-state index in [1.165, 1.54) is 25.0 Å². The van der Waals surface area contributed by atoms with Crippen LogP contribution in [0.15, 0.2) is 46.2 Å². The second-order valence-electron chi connectivity index (χ2n) is 6.52. The molecule has 8 heteroatoms. The van der Waals surface area contributed by atoms with Crippen molar-refractivity contribution in [2.45, 2.75) is 36.6 Å². The summed E-state index contributed by atoms with van der Waals surface area (Å²) in [6.45, 7) is 0. The molecule has 1 aromatic carbocycles. The Morgan fingerprint density at radius 3 is 2.42 bits per heavy atom. The van der Waals surface area contributed by atoms with Gasteiger partial charge in [0.2, 0.25) is 0 Å². The number of anilines is 2. The summed E-state index contributed by atoms with van der Waals surface area (Å²) >= 11 is 0. The third kappa shape index (κ3) is 4.13. The quantitative estimate of drug-likeness (QED) is 0.474. The van der Waals surface area contributed by atoms with Crippen molar-refractivity contribution in [3.05, 3.63) is 52.4 Å². The topological polar surface area (TPSA) is 115 Å². The Kier molecular flexibility index (Phi) is 5.13. The van der Waals surface area contributed by atoms with E-state index < -0.39 is 9.84 Å². The minimum absolute atomic E-state index is 0.0422. The standard InChI is InChI=1S/C18H22N4O3S/c1-26(24,25)14-8-6-13(7-9-14)22-17(19)16-15(10-11-20-18(16)23)21-12-4-2-3-5-12/h6-12H,2-5H2,1H3,(H2,19,22)(H2,20,21,23). The van der Waals surface area contributed by atoms with E-state index in [4.69, 9.17) is 5.41 Å². The van der Waals surface area contributed by atoms with Crippen LogP contribution in [0.25, 0.3) is 0 Å². The van der Waals surface area contributed by atoms with Crippen LogP contribution >= 0.6 is 0 Å². The summed E-state index contributed by atoms with van der Waals surface area (Å²) in [5.41, 5.74) is 1.06. The van der Waals surface area contributed by atoms with E-state index in [0.29, 0.717) is 17.4 Å². The van der Waals surface area contributed by atoms with Gasteiger partial charge < -0.3 is 15.6 Å². The zero-order valence-electron chi connectivity index (χ0n) is 14.5. The van der Waals surface area contributed by atoms with E-state index in [2.05, 4.69) is 15.6 Å². The average Bonchev–Trinajstić information content (AvgIpc) is 3.07. The molecule has 1 aromatic heterocycles. The van der Waals surface area contributed by atoms with E-state index in [0.717, 1.165) is 19.1 Å². The summed E-state index contributed by atoms with van der Waals surface area (Å²) in [6, 6.07) is 8.17. The van der Waals surface area contributed by atoms with E-state index in [1.807, 2.05) is 0 Å². The lowest BCUT2D eigenvalue weighted by molar-refractivity contribution is 0.602. The van der Waals surface area contributed by atoms with Gasteiger partial charge in [-0.25, -0.2) is 8.42 Å². The molecule has 3 rings (SSSR count). The van der Waals surface area contributed by atoms with Gasteiger partial charge in [0.15, 0.2) is 9.84 Å². The first-order valence-electron chi connectivity index (χ1n) is 8.49. The molecule has 138 valence electrons. The molecule has 1 aliphatic rings. The number of hydrogen-bond donors (Lipinski definition) is 4. The van der Waals surface area contributed by atoms with Crippen LogP contribution < -0.4 is 16.2 Å². The number of amidine groups is 1. The van der Waals surface area contributed by atoms with Crippen molar-refractivity contribution in [3.8, 4) is 0 Å². The number of aromatic nitrogens is 1. The zero-order valence-corrected chi connectivity index (χ0v) is 15.3. The van der Waals surface area contributed by atoms with Crippen molar-refractivity contribution >= 4 is 27.0 Å². The van der Waals surface area contributed by atoms with Crippen molar-refractivity contribution < 1.29 is 8.42 Å². The van der Waals surface area contributed by atoms with Gasteiger partial charge in [0.25, 0.3) is 5.56 Å². The fourth-order valence-electron chi connectivity index (χ4n) is 3.13. The van der Waals surface area contributed by atoms with E-state index in [9.17, 15) is 13.2 Å². The third-order valence-corrected chi connectivity index (χ3v) is 5.61. The molecule has 1 fully saturated rings. The van der Waals surface area contributed by atoms with Crippen LogP contribution in [0.3, 0.4) is 0 Å². The fourth-order valence-corrected chi connectivity index (χ4v) is 3.76. The maximum absolute atomic E-state index is 12.3. The minimum atomic E-state index is -3.27. The number of sulfone groups is 1. The van der Waals surface area contributed by atoms with Gasteiger partial charge in [-0.05, 0) is 43.2 Å². The largest absolute Gasteiger partial charge is 0.382 e. The normalized spacial score (nSPS) is 15.0. The Hall–Kier alpha value is -2.61. The molecular formula is C18H22N4O3S. The second-order valence-corrected chi connectivity index (χ2v) is 8.53. The van der Waals surface area contributed by atoms with E-state index >= 15 is 0 Å². The summed E-state index contributed by atoms with van der Waals surface area (Å²) in [6.07, 6.45) is 7.15. The van der Waals surface area contributed by atoms with Gasteiger partial charge in [-0.1, -0.05) is 12.8 Å². The molecule has 26 heavy (non-hydrogen) atoms. The maximum Gasteiger partial charge on any atom is 0.261 e. The lowest BCUT2D eigenvalue weighted by Gasteiger charge is -2.17. The lowest BCUT2D eigenvalue weighted by Crippen LogP contribution is -2.27. The number of aromatic amines is 1. The smallest absolute Gasteiger partial charge is 0.261 e. The highest BCUT2D eigenvalue weighted by molar-refractivity contribution is 7.90. The van der Waals surface area contributed by atoms with E-state index in [1.54, 1.807) is 24.4 Å². The van der Waals surface area contributed by atoms with Crippen LogP contribution in [0, 0.1) is 5.41 Å². The van der Waals surface area contributed by atoms with Crippen molar-refractivity contribution in [1.29, 1.82) is 5.41 Å². The van der Waals surface area contributed by atoms with Crippen molar-refractivity contribution in [1.82, 2.24) is 4.98 Å². The molecule has 0 aliphatic heterocycles. The molecule has 0 saturated heterocycles. The van der Waals surface area contributed by atoms with Crippen LogP contribution in [0.4, 0.5) is 11.4 Å². The molecule has 0 spiro atoms. The van der Waals surface area contributed by atoms with Gasteiger partial charge in [-0.2, -0.15) is 0 Å². The highest BCUT2D eigenvalue weighted by Crippen LogP contribution is 2.23. The summed E-state index contributed by atoms with van der Waals surface area (Å²) in [4.78, 5) is 15.1. The number of pyridine rings is 1. The van der Waals surface area contributed by atoms with Gasteiger partial charge in [0, 0.05) is 24.2 Å². The Bertz CT molecular complexity index is 959. The molecule has 0 radical (unpaired) electrons. The third-order valence-electron chi connectivity index (χ3n) is 4.48. The molecule has 0 amide bonds. The van der Waals surface area contributed by atoms with Gasteiger partial charge in [-0.3, -0.25) is 10.2 Å². The molecule has 7 nitrogen and oxygen atoms in total. The fraction of sp³-hybridized carbons (Fsp3) is 0.333. The maximum atomic E-state index is 12.3. The molecule has 0 bridgehead atoms. The highest BCUT2D eigenvalue weighted by Gasteiger charge is 2.19. The predicted molar refractivity (Wildman–Crippen MR) is 103 cm³/mol. The molecule has 1 aliphatic carbocycles. The summed E-state index contributed by atoms with van der Waals surface area (Å²) < 4.78 is 23.1. The number of benzene rings is 1. The zero-order chi connectivity index (χ0) is 18.7. The summed E-state index contributed by atoms with van der Waals surface area (Å²) in [7, 11) is -3.27. The molecular weight excluding hydrogens is 352 g/mol. The first-order valence-corrected chi connectivity index (χ1v) is 10.4. The molecule has 1 heterocycles. The summed E-state index contributed by atoms with van der Waals surface area (Å²) in [5.74, 6) is -0.0422. The Labute approximate surface area is 152 Å². The van der Waals surface area contributed by atoms with Gasteiger partial charge >= 0.3 is 0 Å². The first-order chi connectivity index (χ1) is 12.3. The van der Waals surface area contributed by atoms with E-state index in [-0.39, 0.29) is 21.9 Å². The molecule has 4 N–H and O–H groups in total. The number of hydrogen-bond acceptors (Lipinski definition) is 5. The van der Waals surface area contributed by atoms with Crippen molar-refractivity contribution in [3.63, 3.8) is 0 Å². The molecule has 0 unspecified atom stereocenters. The second kappa shape index (κ2) is 7.33. The number of H-pyrrole nitrogens is 1. The highest BCUT2D eigenvalue weighted by atomic mass is 32.2. The molecule has 1 saturated carbocycles. The minimum Gasteiger partial charge on any atom is -0.382 e. The Balaban J connectivity index is 1.82. The SMILES string of the molecule is CS(=O)(=O)c1ccc(NC(=N)c2c(NC3CCCC3)cc[nH]c2=O)cc1. The van der Waals surface area contributed by atoms with Gasteiger partial charge in [0.1, 0.15) is 11.4 Å². The predicted octanol–water partition coefficient (Wildman–Crippen LogP) is 2.57. The lowest BCUT2D eigenvalue weighted by atomic mass is 10.1. The monoisotopic (exact) mass is 374 g/mol. The average molecular weight is 374 g/mol. The number of rotatable bonds is 5. The molecule has 2 aromatic rings.